The van der Waals surface area contributed by atoms with Crippen LogP contribution in [0.5, 0.6) is 0 Å². The third kappa shape index (κ3) is 3.52. The molecule has 1 unspecified atom stereocenters. The number of carbonyl (C=O) groups excluding carboxylic acids is 1. The number of carbonyl (C=O) groups is 1. The minimum Gasteiger partial charge on any atom is -0.340 e. The smallest absolute Gasteiger partial charge is 0.245 e. The van der Waals surface area contributed by atoms with Crippen LogP contribution in [0.4, 0.5) is 0 Å². The highest BCUT2D eigenvalue weighted by atomic mass is 32.1. The Morgan fingerprint density at radius 3 is 2.88 bits per heavy atom. The Balaban J connectivity index is 1.43. The molecule has 0 saturated carbocycles. The molecule has 136 valence electrons. The van der Waals surface area contributed by atoms with Gasteiger partial charge in [-0.25, -0.2) is 4.98 Å². The van der Waals surface area contributed by atoms with Crippen LogP contribution in [0, 0.1) is 0 Å². The van der Waals surface area contributed by atoms with Crippen LogP contribution >= 0.6 is 11.3 Å². The molecule has 0 radical (unpaired) electrons. The first kappa shape index (κ1) is 17.2. The molecule has 4 rings (SSSR count). The average Bonchev–Trinajstić information content (AvgIpc) is 3.26. The van der Waals surface area contributed by atoms with E-state index in [-0.39, 0.29) is 11.9 Å². The molecular weight excluding hydrogens is 344 g/mol. The molecule has 0 aliphatic carbocycles. The molecule has 0 spiro atoms. The van der Waals surface area contributed by atoms with Crippen molar-refractivity contribution in [2.24, 2.45) is 0 Å². The maximum absolute atomic E-state index is 13.1. The van der Waals surface area contributed by atoms with Crippen LogP contribution in [0.3, 0.4) is 0 Å². The van der Waals surface area contributed by atoms with Gasteiger partial charge in [0.2, 0.25) is 5.91 Å². The van der Waals surface area contributed by atoms with Gasteiger partial charge in [-0.3, -0.25) is 9.69 Å². The topological polar surface area (TPSA) is 41.4 Å². The summed E-state index contributed by atoms with van der Waals surface area (Å²) in [6.45, 7) is 6.56. The van der Waals surface area contributed by atoms with Gasteiger partial charge < -0.3 is 9.47 Å². The molecule has 6 heteroatoms. The average molecular weight is 369 g/mol. The zero-order valence-electron chi connectivity index (χ0n) is 15.0. The van der Waals surface area contributed by atoms with E-state index >= 15 is 0 Å². The van der Waals surface area contributed by atoms with Crippen molar-refractivity contribution in [2.45, 2.75) is 25.9 Å². The Bertz CT molecular complexity index is 873. The molecule has 0 bridgehead atoms. The van der Waals surface area contributed by atoms with Crippen LogP contribution in [0.25, 0.3) is 11.0 Å². The fourth-order valence-electron chi connectivity index (χ4n) is 3.64. The van der Waals surface area contributed by atoms with Gasteiger partial charge in [-0.1, -0.05) is 18.2 Å². The Hall–Kier alpha value is -2.18. The molecular formula is C20H24N4OS. The summed E-state index contributed by atoms with van der Waals surface area (Å²) in [6.07, 6.45) is 2.81. The van der Waals surface area contributed by atoms with Crippen LogP contribution in [0.1, 0.15) is 24.3 Å². The quantitative estimate of drug-likeness (QED) is 0.709. The van der Waals surface area contributed by atoms with Crippen molar-refractivity contribution < 1.29 is 4.79 Å². The molecule has 3 aromatic rings. The zero-order chi connectivity index (χ0) is 17.9. The molecule has 1 aromatic carbocycles. The summed E-state index contributed by atoms with van der Waals surface area (Å²) < 4.78 is 1.99. The Morgan fingerprint density at radius 1 is 1.15 bits per heavy atom. The molecule has 1 fully saturated rings. The number of amides is 1. The first-order valence-corrected chi connectivity index (χ1v) is 10.1. The van der Waals surface area contributed by atoms with Gasteiger partial charge in [-0.15, -0.1) is 11.3 Å². The van der Waals surface area contributed by atoms with E-state index < -0.39 is 0 Å². The van der Waals surface area contributed by atoms with Crippen molar-refractivity contribution in [2.75, 3.05) is 26.2 Å². The highest BCUT2D eigenvalue weighted by Crippen LogP contribution is 2.20. The van der Waals surface area contributed by atoms with Crippen molar-refractivity contribution >= 4 is 28.3 Å². The van der Waals surface area contributed by atoms with E-state index in [2.05, 4.69) is 27.4 Å². The number of benzene rings is 1. The highest BCUT2D eigenvalue weighted by Gasteiger charge is 2.25. The van der Waals surface area contributed by atoms with E-state index in [4.69, 9.17) is 0 Å². The predicted octanol–water partition coefficient (Wildman–Crippen LogP) is 3.39. The van der Waals surface area contributed by atoms with Crippen molar-refractivity contribution in [1.29, 1.82) is 0 Å². The van der Waals surface area contributed by atoms with Crippen molar-refractivity contribution in [3.05, 3.63) is 53.0 Å². The summed E-state index contributed by atoms with van der Waals surface area (Å²) in [6, 6.07) is 12.0. The summed E-state index contributed by atoms with van der Waals surface area (Å²) in [7, 11) is 0. The Labute approximate surface area is 157 Å². The normalized spacial score (nSPS) is 17.3. The number of fused-ring (bicyclic) bond motifs is 1. The number of para-hydroxylation sites is 2. The lowest BCUT2D eigenvalue weighted by Gasteiger charge is -2.25. The van der Waals surface area contributed by atoms with Crippen LogP contribution in [0.15, 0.2) is 48.1 Å². The van der Waals surface area contributed by atoms with Gasteiger partial charge in [0.05, 0.1) is 17.4 Å². The number of hydrogen-bond donors (Lipinski definition) is 0. The number of imidazole rings is 1. The standard InChI is InChI=1S/C20H24N4OS/c1-16(24-15-21-18-7-2-3-8-19(18)24)20(25)23-10-5-9-22(11-12-23)14-17-6-4-13-26-17/h2-4,6-8,13,15-16H,5,9-12,14H2,1H3. The molecule has 1 atom stereocenters. The van der Waals surface area contributed by atoms with E-state index in [0.29, 0.717) is 0 Å². The first-order valence-electron chi connectivity index (χ1n) is 9.17. The molecule has 2 aromatic heterocycles. The number of rotatable bonds is 4. The van der Waals surface area contributed by atoms with Gasteiger partial charge in [0.25, 0.3) is 0 Å². The monoisotopic (exact) mass is 368 g/mol. The van der Waals surface area contributed by atoms with E-state index in [1.807, 2.05) is 40.7 Å². The van der Waals surface area contributed by atoms with Gasteiger partial charge in [0.1, 0.15) is 6.04 Å². The summed E-state index contributed by atoms with van der Waals surface area (Å²) in [5.41, 5.74) is 1.95. The minimum absolute atomic E-state index is 0.186. The van der Waals surface area contributed by atoms with E-state index in [0.717, 1.165) is 50.2 Å². The van der Waals surface area contributed by atoms with Crippen molar-refractivity contribution in [3.63, 3.8) is 0 Å². The van der Waals surface area contributed by atoms with E-state index in [1.165, 1.54) is 4.88 Å². The van der Waals surface area contributed by atoms with Gasteiger partial charge in [-0.2, -0.15) is 0 Å². The van der Waals surface area contributed by atoms with E-state index in [1.54, 1.807) is 17.7 Å². The maximum atomic E-state index is 13.1. The van der Waals surface area contributed by atoms with Crippen LogP contribution in [0.2, 0.25) is 0 Å². The predicted molar refractivity (Wildman–Crippen MR) is 105 cm³/mol. The third-order valence-electron chi connectivity index (χ3n) is 5.12. The third-order valence-corrected chi connectivity index (χ3v) is 5.98. The molecule has 1 aliphatic heterocycles. The SMILES string of the molecule is CC(C(=O)N1CCCN(Cc2cccs2)CC1)n1cnc2ccccc21. The summed E-state index contributed by atoms with van der Waals surface area (Å²) in [5.74, 6) is 0.186. The molecule has 1 amide bonds. The second-order valence-electron chi connectivity index (χ2n) is 6.85. The summed E-state index contributed by atoms with van der Waals surface area (Å²) in [5, 5.41) is 2.13. The minimum atomic E-state index is -0.230. The lowest BCUT2D eigenvalue weighted by Crippen LogP contribution is -2.38. The second-order valence-corrected chi connectivity index (χ2v) is 7.88. The molecule has 3 heterocycles. The van der Waals surface area contributed by atoms with Gasteiger partial charge in [-0.05, 0) is 36.9 Å². The number of thiophene rings is 1. The summed E-state index contributed by atoms with van der Waals surface area (Å²) >= 11 is 1.80. The molecule has 1 saturated heterocycles. The van der Waals surface area contributed by atoms with E-state index in [9.17, 15) is 4.79 Å². The Kier molecular flexibility index (Phi) is 5.04. The lowest BCUT2D eigenvalue weighted by molar-refractivity contribution is -0.134. The maximum Gasteiger partial charge on any atom is 0.245 e. The number of hydrogen-bond acceptors (Lipinski definition) is 4. The summed E-state index contributed by atoms with van der Waals surface area (Å²) in [4.78, 5) is 23.4. The lowest BCUT2D eigenvalue weighted by atomic mass is 10.2. The number of aromatic nitrogens is 2. The van der Waals surface area contributed by atoms with Crippen molar-refractivity contribution in [3.8, 4) is 0 Å². The largest absolute Gasteiger partial charge is 0.340 e. The van der Waals surface area contributed by atoms with Gasteiger partial charge in [0, 0.05) is 37.6 Å². The van der Waals surface area contributed by atoms with Gasteiger partial charge >= 0.3 is 0 Å². The van der Waals surface area contributed by atoms with Gasteiger partial charge in [0.15, 0.2) is 0 Å². The zero-order valence-corrected chi connectivity index (χ0v) is 15.9. The molecule has 26 heavy (non-hydrogen) atoms. The van der Waals surface area contributed by atoms with Crippen LogP contribution in [-0.4, -0.2) is 51.4 Å². The second kappa shape index (κ2) is 7.60. The van der Waals surface area contributed by atoms with Crippen LogP contribution in [-0.2, 0) is 11.3 Å². The fraction of sp³-hybridized carbons (Fsp3) is 0.400. The molecule has 0 N–H and O–H groups in total. The number of nitrogens with zero attached hydrogens (tertiary/aromatic N) is 4. The Morgan fingerprint density at radius 2 is 2.04 bits per heavy atom. The first-order chi connectivity index (χ1) is 12.7. The van der Waals surface area contributed by atoms with Crippen LogP contribution < -0.4 is 0 Å². The molecule has 5 nitrogen and oxygen atoms in total. The molecule has 1 aliphatic rings. The fourth-order valence-corrected chi connectivity index (χ4v) is 4.39. The highest BCUT2D eigenvalue weighted by molar-refractivity contribution is 7.09. The van der Waals surface area contributed by atoms with Crippen molar-refractivity contribution in [1.82, 2.24) is 19.4 Å².